The van der Waals surface area contributed by atoms with Gasteiger partial charge in [0.15, 0.2) is 0 Å². The number of aliphatic hydroxyl groups is 1. The predicted octanol–water partition coefficient (Wildman–Crippen LogP) is 0.934. The van der Waals surface area contributed by atoms with E-state index in [-0.39, 0.29) is 29.8 Å². The van der Waals surface area contributed by atoms with Gasteiger partial charge in [-0.1, -0.05) is 13.3 Å². The Morgan fingerprint density at radius 1 is 1.45 bits per heavy atom. The number of unbranched alkanes of at least 4 members (excludes halogenated alkanes) is 1. The zero-order valence-electron chi connectivity index (χ0n) is 12.1. The predicted molar refractivity (Wildman–Crippen MR) is 76.7 cm³/mol. The van der Waals surface area contributed by atoms with Crippen LogP contribution in [0.3, 0.4) is 0 Å². The molecule has 1 unspecified atom stereocenters. The molecule has 0 aromatic carbocycles. The smallest absolute Gasteiger partial charge is 0.271 e. The molecule has 6 heteroatoms. The van der Waals surface area contributed by atoms with Crippen LogP contribution in [0.5, 0.6) is 0 Å². The quantitative estimate of drug-likeness (QED) is 0.742. The zero-order chi connectivity index (χ0) is 15.0. The van der Waals surface area contributed by atoms with Crippen LogP contribution in [0.4, 0.5) is 0 Å². The van der Waals surface area contributed by atoms with Gasteiger partial charge in [0.1, 0.15) is 5.69 Å². The van der Waals surface area contributed by atoms with E-state index in [1.54, 1.807) is 0 Å². The lowest BCUT2D eigenvalue weighted by atomic mass is 10.2. The van der Waals surface area contributed by atoms with Crippen molar-refractivity contribution in [2.75, 3.05) is 6.61 Å². The second kappa shape index (κ2) is 8.47. The maximum absolute atomic E-state index is 12.0. The van der Waals surface area contributed by atoms with E-state index in [4.69, 9.17) is 5.11 Å². The van der Waals surface area contributed by atoms with Crippen LogP contribution in [-0.2, 0) is 6.54 Å². The zero-order valence-corrected chi connectivity index (χ0v) is 12.1. The summed E-state index contributed by atoms with van der Waals surface area (Å²) >= 11 is 0. The van der Waals surface area contributed by atoms with E-state index in [0.29, 0.717) is 19.4 Å². The van der Waals surface area contributed by atoms with Crippen molar-refractivity contribution in [3.8, 4) is 0 Å². The molecular formula is C14H23N3O3. The number of carbonyl (C=O) groups excluding carboxylic acids is 1. The van der Waals surface area contributed by atoms with Gasteiger partial charge in [-0.25, -0.2) is 4.68 Å². The lowest BCUT2D eigenvalue weighted by molar-refractivity contribution is 0.0928. The van der Waals surface area contributed by atoms with E-state index in [1.807, 2.05) is 13.8 Å². The number of carbonyl (C=O) groups is 1. The van der Waals surface area contributed by atoms with Crippen LogP contribution in [0, 0.1) is 0 Å². The van der Waals surface area contributed by atoms with Crippen LogP contribution in [-0.4, -0.2) is 33.4 Å². The molecule has 0 aliphatic rings. The fraction of sp³-hybridized carbons (Fsp3) is 0.643. The summed E-state index contributed by atoms with van der Waals surface area (Å²) < 4.78 is 1.33. The van der Waals surface area contributed by atoms with Crippen LogP contribution >= 0.6 is 0 Å². The van der Waals surface area contributed by atoms with Crippen molar-refractivity contribution in [2.45, 2.75) is 52.1 Å². The minimum atomic E-state index is -0.291. The van der Waals surface area contributed by atoms with Crippen LogP contribution in [0.25, 0.3) is 0 Å². The number of amides is 1. The van der Waals surface area contributed by atoms with Gasteiger partial charge >= 0.3 is 0 Å². The Morgan fingerprint density at radius 2 is 2.20 bits per heavy atom. The van der Waals surface area contributed by atoms with E-state index in [9.17, 15) is 9.59 Å². The molecule has 6 nitrogen and oxygen atoms in total. The van der Waals surface area contributed by atoms with E-state index in [1.165, 1.54) is 16.8 Å². The Hall–Kier alpha value is -1.69. The van der Waals surface area contributed by atoms with Gasteiger partial charge in [-0.3, -0.25) is 9.59 Å². The molecule has 0 spiro atoms. The Labute approximate surface area is 118 Å². The molecule has 1 heterocycles. The number of aliphatic hydroxyl groups excluding tert-OH is 1. The average Bonchev–Trinajstić information content (AvgIpc) is 2.44. The molecule has 1 atom stereocenters. The Bertz CT molecular complexity index is 485. The molecule has 1 rings (SSSR count). The molecule has 1 amide bonds. The van der Waals surface area contributed by atoms with Crippen molar-refractivity contribution in [1.82, 2.24) is 15.1 Å². The van der Waals surface area contributed by atoms with Crippen molar-refractivity contribution < 1.29 is 9.90 Å². The molecule has 0 aliphatic carbocycles. The minimum absolute atomic E-state index is 0.0348. The van der Waals surface area contributed by atoms with Crippen LogP contribution in [0.2, 0.25) is 0 Å². The number of nitrogens with one attached hydrogen (secondary N) is 1. The van der Waals surface area contributed by atoms with E-state index < -0.39 is 0 Å². The Balaban J connectivity index is 2.70. The molecule has 0 aliphatic heterocycles. The highest BCUT2D eigenvalue weighted by Gasteiger charge is 2.12. The molecule has 0 saturated heterocycles. The Morgan fingerprint density at radius 3 is 2.85 bits per heavy atom. The fourth-order valence-electron chi connectivity index (χ4n) is 1.81. The molecule has 0 saturated carbocycles. The first-order valence-corrected chi connectivity index (χ1v) is 7.08. The summed E-state index contributed by atoms with van der Waals surface area (Å²) in [7, 11) is 0. The van der Waals surface area contributed by atoms with E-state index in [0.717, 1.165) is 12.8 Å². The largest absolute Gasteiger partial charge is 0.396 e. The number of aryl methyl sites for hydroxylation is 1. The summed E-state index contributed by atoms with van der Waals surface area (Å²) in [5.41, 5.74) is 0.0554. The average molecular weight is 281 g/mol. The summed E-state index contributed by atoms with van der Waals surface area (Å²) in [6, 6.07) is 2.78. The van der Waals surface area contributed by atoms with Gasteiger partial charge in [0, 0.05) is 25.3 Å². The van der Waals surface area contributed by atoms with Gasteiger partial charge in [-0.15, -0.1) is 0 Å². The lowest BCUT2D eigenvalue weighted by Gasteiger charge is -2.13. The molecule has 112 valence electrons. The number of nitrogens with zero attached hydrogens (tertiary/aromatic N) is 2. The van der Waals surface area contributed by atoms with Crippen molar-refractivity contribution in [3.63, 3.8) is 0 Å². The van der Waals surface area contributed by atoms with Gasteiger partial charge in [0.25, 0.3) is 11.5 Å². The highest BCUT2D eigenvalue weighted by Crippen LogP contribution is 1.99. The number of aromatic nitrogens is 2. The second-order valence-corrected chi connectivity index (χ2v) is 4.87. The van der Waals surface area contributed by atoms with Crippen LogP contribution < -0.4 is 10.9 Å². The molecule has 0 radical (unpaired) electrons. The fourth-order valence-corrected chi connectivity index (χ4v) is 1.81. The van der Waals surface area contributed by atoms with Crippen molar-refractivity contribution in [2.24, 2.45) is 0 Å². The third-order valence-corrected chi connectivity index (χ3v) is 3.00. The van der Waals surface area contributed by atoms with Crippen LogP contribution in [0.1, 0.15) is 50.0 Å². The standard InChI is InChI=1S/C14H23N3O3/c1-3-4-9-17-13(19)8-7-12(16-17)14(20)15-11(2)6-5-10-18/h7-8,11,18H,3-6,9-10H2,1-2H3,(H,15,20). The third kappa shape index (κ3) is 5.13. The second-order valence-electron chi connectivity index (χ2n) is 4.87. The number of hydrogen-bond donors (Lipinski definition) is 2. The first-order valence-electron chi connectivity index (χ1n) is 7.08. The molecule has 2 N–H and O–H groups in total. The van der Waals surface area contributed by atoms with Gasteiger partial charge in [-0.05, 0) is 32.3 Å². The molecule has 20 heavy (non-hydrogen) atoms. The maximum Gasteiger partial charge on any atom is 0.271 e. The summed E-state index contributed by atoms with van der Waals surface area (Å²) in [6.45, 7) is 4.54. The molecular weight excluding hydrogens is 258 g/mol. The minimum Gasteiger partial charge on any atom is -0.396 e. The lowest BCUT2D eigenvalue weighted by Crippen LogP contribution is -2.35. The van der Waals surface area contributed by atoms with E-state index >= 15 is 0 Å². The highest BCUT2D eigenvalue weighted by molar-refractivity contribution is 5.92. The highest BCUT2D eigenvalue weighted by atomic mass is 16.3. The number of hydrogen-bond acceptors (Lipinski definition) is 4. The van der Waals surface area contributed by atoms with E-state index in [2.05, 4.69) is 10.4 Å². The summed E-state index contributed by atoms with van der Waals surface area (Å²) in [4.78, 5) is 23.6. The molecule has 1 aromatic heterocycles. The van der Waals surface area contributed by atoms with Gasteiger partial charge in [-0.2, -0.15) is 5.10 Å². The summed E-state index contributed by atoms with van der Waals surface area (Å²) in [6.07, 6.45) is 3.16. The van der Waals surface area contributed by atoms with Gasteiger partial charge < -0.3 is 10.4 Å². The maximum atomic E-state index is 12.0. The first-order chi connectivity index (χ1) is 9.58. The van der Waals surface area contributed by atoms with Crippen LogP contribution in [0.15, 0.2) is 16.9 Å². The monoisotopic (exact) mass is 281 g/mol. The first kappa shape index (κ1) is 16.4. The normalized spacial score (nSPS) is 12.2. The SMILES string of the molecule is CCCCn1nc(C(=O)NC(C)CCCO)ccc1=O. The molecule has 0 bridgehead atoms. The number of rotatable bonds is 8. The Kier molecular flexibility index (Phi) is 6.93. The van der Waals surface area contributed by atoms with Crippen molar-refractivity contribution >= 4 is 5.91 Å². The molecule has 0 fully saturated rings. The van der Waals surface area contributed by atoms with Gasteiger partial charge in [0.2, 0.25) is 0 Å². The van der Waals surface area contributed by atoms with Crippen molar-refractivity contribution in [3.05, 3.63) is 28.2 Å². The summed E-state index contributed by atoms with van der Waals surface area (Å²) in [5.74, 6) is -0.291. The van der Waals surface area contributed by atoms with Gasteiger partial charge in [0.05, 0.1) is 0 Å². The topological polar surface area (TPSA) is 84.2 Å². The molecule has 1 aromatic rings. The third-order valence-electron chi connectivity index (χ3n) is 3.00. The summed E-state index contributed by atoms with van der Waals surface area (Å²) in [5, 5.41) is 15.6. The van der Waals surface area contributed by atoms with Crippen molar-refractivity contribution in [1.29, 1.82) is 0 Å².